The van der Waals surface area contributed by atoms with Crippen LogP contribution in [0.25, 0.3) is 11.2 Å². The van der Waals surface area contributed by atoms with Gasteiger partial charge in [0.2, 0.25) is 0 Å². The molecule has 1 fully saturated rings. The molecule has 0 aliphatic heterocycles. The van der Waals surface area contributed by atoms with E-state index >= 15 is 0 Å². The van der Waals surface area contributed by atoms with Crippen molar-refractivity contribution in [2.24, 2.45) is 0 Å². The highest BCUT2D eigenvalue weighted by Crippen LogP contribution is 2.50. The molecule has 0 spiro atoms. The van der Waals surface area contributed by atoms with Crippen LogP contribution in [0.15, 0.2) is 55.8 Å². The molecule has 2 N–H and O–H groups in total. The number of carbonyl (C=O) groups is 2. The number of carboxylic acid groups (broad SMARTS) is 1. The molecule has 9 nitrogen and oxygen atoms in total. The maximum absolute atomic E-state index is 12.3. The van der Waals surface area contributed by atoms with Gasteiger partial charge in [-0.15, -0.1) is 0 Å². The molecule has 0 bridgehead atoms. The number of carbonyl (C=O) groups excluding carboxylic acids is 1. The van der Waals surface area contributed by atoms with Gasteiger partial charge in [-0.2, -0.15) is 0 Å². The number of fused-ring (bicyclic) bond motifs is 1. The van der Waals surface area contributed by atoms with E-state index in [1.165, 1.54) is 0 Å². The van der Waals surface area contributed by atoms with Crippen molar-refractivity contribution in [2.45, 2.75) is 31.3 Å². The lowest BCUT2D eigenvalue weighted by atomic mass is 10.0. The van der Waals surface area contributed by atoms with Crippen LogP contribution in [0.1, 0.15) is 48.6 Å². The topological polar surface area (TPSA) is 128 Å². The maximum atomic E-state index is 12.3. The van der Waals surface area contributed by atoms with E-state index in [2.05, 4.69) is 22.3 Å². The van der Waals surface area contributed by atoms with Gasteiger partial charge in [0.15, 0.2) is 11.5 Å². The molecule has 1 aliphatic carbocycles. The number of furan rings is 2. The molecule has 10 heteroatoms. The van der Waals surface area contributed by atoms with Gasteiger partial charge in [-0.05, 0) is 54.8 Å². The van der Waals surface area contributed by atoms with Gasteiger partial charge in [-0.1, -0.05) is 35.5 Å². The SMILES string of the molecule is CC(OC(=O)Nc1c(C#Cc2cc3cc(C4(C(=O)O)CC4)oc3o2)noc1Cl)c1ccccc1. The lowest BCUT2D eigenvalue weighted by molar-refractivity contribution is -0.140. The first-order chi connectivity index (χ1) is 16.4. The fourth-order valence-electron chi connectivity index (χ4n) is 3.50. The Hall–Kier alpha value is -4.16. The van der Waals surface area contributed by atoms with Crippen LogP contribution < -0.4 is 5.32 Å². The number of halogens is 1. The van der Waals surface area contributed by atoms with Crippen LogP contribution in [-0.4, -0.2) is 22.3 Å². The number of benzene rings is 1. The minimum absolute atomic E-state index is 0.0640. The number of carboxylic acids is 1. The quantitative estimate of drug-likeness (QED) is 0.359. The fourth-order valence-corrected chi connectivity index (χ4v) is 3.67. The second-order valence-electron chi connectivity index (χ2n) is 7.86. The Bertz CT molecular complexity index is 1420. The number of amides is 1. The van der Waals surface area contributed by atoms with Crippen LogP contribution in [0.3, 0.4) is 0 Å². The fraction of sp³-hybridized carbons (Fsp3) is 0.208. The molecule has 1 atom stereocenters. The Morgan fingerprint density at radius 2 is 1.97 bits per heavy atom. The number of nitrogens with zero attached hydrogens (tertiary/aromatic N) is 1. The first-order valence-electron chi connectivity index (χ1n) is 10.3. The van der Waals surface area contributed by atoms with Crippen molar-refractivity contribution in [1.82, 2.24) is 5.16 Å². The van der Waals surface area contributed by atoms with Crippen molar-refractivity contribution in [2.75, 3.05) is 5.32 Å². The van der Waals surface area contributed by atoms with Crippen molar-refractivity contribution in [3.63, 3.8) is 0 Å². The monoisotopic (exact) mass is 480 g/mol. The summed E-state index contributed by atoms with van der Waals surface area (Å²) in [5.74, 6) is 5.38. The molecule has 1 aliphatic rings. The van der Waals surface area contributed by atoms with Crippen molar-refractivity contribution in [3.05, 3.63) is 70.5 Å². The molecular weight excluding hydrogens is 464 g/mol. The number of nitrogens with one attached hydrogen (secondary N) is 1. The molecule has 1 aromatic carbocycles. The van der Waals surface area contributed by atoms with E-state index in [9.17, 15) is 14.7 Å². The molecule has 3 heterocycles. The van der Waals surface area contributed by atoms with Gasteiger partial charge in [0.25, 0.3) is 11.0 Å². The predicted octanol–water partition coefficient (Wildman–Crippen LogP) is 5.49. The van der Waals surface area contributed by atoms with Crippen LogP contribution in [0.2, 0.25) is 5.22 Å². The lowest BCUT2D eigenvalue weighted by Crippen LogP contribution is -2.18. The van der Waals surface area contributed by atoms with Crippen molar-refractivity contribution < 1.29 is 32.8 Å². The molecule has 172 valence electrons. The highest BCUT2D eigenvalue weighted by atomic mass is 35.5. The van der Waals surface area contributed by atoms with E-state index in [0.717, 1.165) is 5.56 Å². The molecule has 0 radical (unpaired) electrons. The van der Waals surface area contributed by atoms with Gasteiger partial charge in [-0.25, -0.2) is 4.79 Å². The number of hydrogen-bond acceptors (Lipinski definition) is 7. The predicted molar refractivity (Wildman–Crippen MR) is 119 cm³/mol. The van der Waals surface area contributed by atoms with Crippen molar-refractivity contribution in [3.8, 4) is 11.8 Å². The van der Waals surface area contributed by atoms with E-state index in [4.69, 9.17) is 29.7 Å². The zero-order chi connectivity index (χ0) is 23.9. The first kappa shape index (κ1) is 21.7. The van der Waals surface area contributed by atoms with Crippen LogP contribution in [0, 0.1) is 11.8 Å². The zero-order valence-electron chi connectivity index (χ0n) is 17.8. The minimum atomic E-state index is -0.960. The number of anilines is 1. The molecule has 4 aromatic rings. The normalized spacial score (nSPS) is 14.8. The zero-order valence-corrected chi connectivity index (χ0v) is 18.5. The summed E-state index contributed by atoms with van der Waals surface area (Å²) >= 11 is 6.01. The number of rotatable bonds is 5. The Labute approximate surface area is 197 Å². The Balaban J connectivity index is 1.30. The van der Waals surface area contributed by atoms with Crippen LogP contribution in [0.5, 0.6) is 0 Å². The van der Waals surface area contributed by atoms with Gasteiger partial charge in [0, 0.05) is 6.07 Å². The number of aromatic nitrogens is 1. The highest BCUT2D eigenvalue weighted by molar-refractivity contribution is 6.32. The summed E-state index contributed by atoms with van der Waals surface area (Å²) in [6.07, 6.45) is -0.186. The standard InChI is InChI=1S/C24H17ClN2O7/c1-13(14-5-3-2-4-6-14)31-23(30)26-19-17(27-34-20(19)25)8-7-16-11-15-12-18(33-21(15)32-16)24(9-10-24)22(28)29/h2-6,11-13H,9-10H2,1H3,(H,26,30)(H,28,29). The van der Waals surface area contributed by atoms with Crippen LogP contribution in [0.4, 0.5) is 10.5 Å². The molecule has 3 aromatic heterocycles. The summed E-state index contributed by atoms with van der Waals surface area (Å²) < 4.78 is 21.5. The maximum Gasteiger partial charge on any atom is 0.412 e. The lowest BCUT2D eigenvalue weighted by Gasteiger charge is -2.13. The highest BCUT2D eigenvalue weighted by Gasteiger charge is 2.54. The Morgan fingerprint density at radius 1 is 1.21 bits per heavy atom. The number of aliphatic carboxylic acids is 1. The van der Waals surface area contributed by atoms with E-state index in [-0.39, 0.29) is 28.1 Å². The number of hydrogen-bond donors (Lipinski definition) is 2. The summed E-state index contributed by atoms with van der Waals surface area (Å²) in [7, 11) is 0. The van der Waals surface area contributed by atoms with Gasteiger partial charge >= 0.3 is 12.1 Å². The Morgan fingerprint density at radius 3 is 2.65 bits per heavy atom. The van der Waals surface area contributed by atoms with Crippen molar-refractivity contribution >= 4 is 40.5 Å². The first-order valence-corrected chi connectivity index (χ1v) is 10.7. The van der Waals surface area contributed by atoms with Gasteiger partial charge < -0.3 is 23.2 Å². The largest absolute Gasteiger partial charge is 0.480 e. The van der Waals surface area contributed by atoms with E-state index in [0.29, 0.717) is 24.0 Å². The molecule has 1 saturated carbocycles. The van der Waals surface area contributed by atoms with Crippen molar-refractivity contribution in [1.29, 1.82) is 0 Å². The van der Waals surface area contributed by atoms with Crippen LogP contribution in [-0.2, 0) is 14.9 Å². The smallest absolute Gasteiger partial charge is 0.412 e. The molecule has 1 unspecified atom stereocenters. The summed E-state index contributed by atoms with van der Waals surface area (Å²) in [6.45, 7) is 1.74. The summed E-state index contributed by atoms with van der Waals surface area (Å²) in [4.78, 5) is 23.8. The molecule has 5 rings (SSSR count). The van der Waals surface area contributed by atoms with Crippen LogP contribution >= 0.6 is 11.6 Å². The molecular formula is C24H17ClN2O7. The third-order valence-corrected chi connectivity index (χ3v) is 5.84. The van der Waals surface area contributed by atoms with E-state index in [1.807, 2.05) is 30.3 Å². The average molecular weight is 481 g/mol. The third kappa shape index (κ3) is 4.00. The van der Waals surface area contributed by atoms with E-state index < -0.39 is 23.6 Å². The summed E-state index contributed by atoms with van der Waals surface area (Å²) in [6, 6.07) is 12.5. The molecule has 34 heavy (non-hydrogen) atoms. The number of ether oxygens (including phenoxy) is 1. The second kappa shape index (κ2) is 8.32. The third-order valence-electron chi connectivity index (χ3n) is 5.58. The summed E-state index contributed by atoms with van der Waals surface area (Å²) in [5.41, 5.74) is 0.00755. The van der Waals surface area contributed by atoms with E-state index in [1.54, 1.807) is 19.1 Å². The second-order valence-corrected chi connectivity index (χ2v) is 8.21. The minimum Gasteiger partial charge on any atom is -0.480 e. The molecule has 0 saturated heterocycles. The van der Waals surface area contributed by atoms with Gasteiger partial charge in [-0.3, -0.25) is 10.1 Å². The molecule has 1 amide bonds. The van der Waals surface area contributed by atoms with Gasteiger partial charge in [0.05, 0.1) is 5.39 Å². The summed E-state index contributed by atoms with van der Waals surface area (Å²) in [5, 5.41) is 16.1. The average Bonchev–Trinajstić information content (AvgIpc) is 3.26. The Kier molecular flexibility index (Phi) is 5.30. The van der Waals surface area contributed by atoms with Gasteiger partial charge in [0.1, 0.15) is 23.0 Å².